The van der Waals surface area contributed by atoms with Gasteiger partial charge < -0.3 is 14.6 Å². The molecular weight excluding hydrogens is 256 g/mol. The Hall–Kier alpha value is -2.21. The Morgan fingerprint density at radius 1 is 1.40 bits per heavy atom. The summed E-state index contributed by atoms with van der Waals surface area (Å²) in [5.41, 5.74) is 0.746. The Bertz CT molecular complexity index is 596. The van der Waals surface area contributed by atoms with Crippen molar-refractivity contribution in [1.29, 1.82) is 0 Å². The number of imidazole rings is 1. The largest absolute Gasteiger partial charge is 0.369 e. The fourth-order valence-electron chi connectivity index (χ4n) is 2.43. The van der Waals surface area contributed by atoms with Crippen molar-refractivity contribution in [2.24, 2.45) is 13.0 Å². The molecule has 6 nitrogen and oxygen atoms in total. The number of hydrogen-bond acceptors (Lipinski definition) is 4. The molecule has 1 N–H and O–H groups in total. The van der Waals surface area contributed by atoms with E-state index in [4.69, 9.17) is 4.74 Å². The summed E-state index contributed by atoms with van der Waals surface area (Å²) < 4.78 is 7.58. The summed E-state index contributed by atoms with van der Waals surface area (Å²) in [6, 6.07) is 3.53. The van der Waals surface area contributed by atoms with Gasteiger partial charge in [0.05, 0.1) is 5.92 Å². The highest BCUT2D eigenvalue weighted by Crippen LogP contribution is 2.34. The number of carbonyl (C=O) groups excluding carboxylic acids is 1. The van der Waals surface area contributed by atoms with Crippen molar-refractivity contribution in [2.45, 2.75) is 12.5 Å². The van der Waals surface area contributed by atoms with Gasteiger partial charge in [-0.15, -0.1) is 0 Å². The number of rotatable bonds is 3. The zero-order valence-electron chi connectivity index (χ0n) is 11.2. The average molecular weight is 272 g/mol. The van der Waals surface area contributed by atoms with Crippen LogP contribution in [0.2, 0.25) is 0 Å². The molecule has 6 heteroatoms. The third-order valence-corrected chi connectivity index (χ3v) is 3.49. The second-order valence-electron chi connectivity index (χ2n) is 4.81. The first-order valence-corrected chi connectivity index (χ1v) is 6.55. The Morgan fingerprint density at radius 3 is 2.90 bits per heavy atom. The summed E-state index contributed by atoms with van der Waals surface area (Å²) in [7, 11) is 1.90. The number of aromatic nitrogens is 3. The second-order valence-corrected chi connectivity index (χ2v) is 4.81. The van der Waals surface area contributed by atoms with Crippen molar-refractivity contribution < 1.29 is 9.53 Å². The van der Waals surface area contributed by atoms with Gasteiger partial charge in [0.2, 0.25) is 5.91 Å². The van der Waals surface area contributed by atoms with Gasteiger partial charge in [0.25, 0.3) is 0 Å². The van der Waals surface area contributed by atoms with Gasteiger partial charge in [-0.2, -0.15) is 0 Å². The topological polar surface area (TPSA) is 69.0 Å². The van der Waals surface area contributed by atoms with Gasteiger partial charge in [-0.3, -0.25) is 9.78 Å². The van der Waals surface area contributed by atoms with Crippen LogP contribution in [0.3, 0.4) is 0 Å². The maximum absolute atomic E-state index is 12.4. The highest BCUT2D eigenvalue weighted by atomic mass is 16.5. The van der Waals surface area contributed by atoms with Gasteiger partial charge in [0.15, 0.2) is 0 Å². The average Bonchev–Trinajstić information content (AvgIpc) is 3.07. The minimum absolute atomic E-state index is 0.0401. The fourth-order valence-corrected chi connectivity index (χ4v) is 2.43. The first kappa shape index (κ1) is 12.8. The van der Waals surface area contributed by atoms with Crippen molar-refractivity contribution >= 4 is 11.6 Å². The van der Waals surface area contributed by atoms with E-state index in [1.807, 2.05) is 17.8 Å². The van der Waals surface area contributed by atoms with Crippen LogP contribution in [0, 0.1) is 5.92 Å². The molecule has 0 saturated carbocycles. The molecule has 2 aromatic heterocycles. The lowest BCUT2D eigenvalue weighted by Gasteiger charge is -2.17. The number of aryl methyl sites for hydroxylation is 1. The van der Waals surface area contributed by atoms with Gasteiger partial charge in [0, 0.05) is 44.1 Å². The maximum atomic E-state index is 12.4. The molecule has 0 bridgehead atoms. The number of carbonyl (C=O) groups is 1. The van der Waals surface area contributed by atoms with Crippen molar-refractivity contribution in [1.82, 2.24) is 14.5 Å². The van der Waals surface area contributed by atoms with Crippen LogP contribution in [0.1, 0.15) is 18.3 Å². The molecule has 20 heavy (non-hydrogen) atoms. The summed E-state index contributed by atoms with van der Waals surface area (Å²) in [6.07, 6.45) is 7.29. The molecule has 0 aliphatic carbocycles. The van der Waals surface area contributed by atoms with E-state index in [2.05, 4.69) is 15.3 Å². The predicted octanol–water partition coefficient (Wildman–Crippen LogP) is 1.53. The van der Waals surface area contributed by atoms with E-state index >= 15 is 0 Å². The molecule has 2 aromatic rings. The van der Waals surface area contributed by atoms with Crippen LogP contribution in [0.25, 0.3) is 0 Å². The van der Waals surface area contributed by atoms with E-state index < -0.39 is 0 Å². The third kappa shape index (κ3) is 2.42. The van der Waals surface area contributed by atoms with Gasteiger partial charge >= 0.3 is 0 Å². The van der Waals surface area contributed by atoms with E-state index in [0.29, 0.717) is 13.0 Å². The van der Waals surface area contributed by atoms with Gasteiger partial charge in [0.1, 0.15) is 11.9 Å². The van der Waals surface area contributed by atoms with Gasteiger partial charge in [-0.05, 0) is 18.6 Å². The van der Waals surface area contributed by atoms with E-state index in [-0.39, 0.29) is 17.9 Å². The zero-order chi connectivity index (χ0) is 13.9. The SMILES string of the molecule is Cn1ccnc1[C@@H]1OCC[C@H]1C(=O)Nc1ccncc1. The highest BCUT2D eigenvalue weighted by molar-refractivity contribution is 5.93. The molecule has 0 aromatic carbocycles. The lowest BCUT2D eigenvalue weighted by molar-refractivity contribution is -0.121. The highest BCUT2D eigenvalue weighted by Gasteiger charge is 2.37. The molecule has 104 valence electrons. The van der Waals surface area contributed by atoms with Crippen molar-refractivity contribution in [3.05, 3.63) is 42.7 Å². The quantitative estimate of drug-likeness (QED) is 0.920. The van der Waals surface area contributed by atoms with E-state index in [9.17, 15) is 4.79 Å². The first-order valence-electron chi connectivity index (χ1n) is 6.55. The number of amides is 1. The Labute approximate surface area is 116 Å². The summed E-state index contributed by atoms with van der Waals surface area (Å²) in [4.78, 5) is 20.6. The number of pyridine rings is 1. The standard InChI is InChI=1S/C14H16N4O2/c1-18-8-7-16-13(18)12-11(4-9-20-12)14(19)17-10-2-5-15-6-3-10/h2-3,5-8,11-12H,4,9H2,1H3,(H,15,17,19)/t11-,12-/m1/s1. The van der Waals surface area contributed by atoms with Crippen LogP contribution < -0.4 is 5.32 Å². The van der Waals surface area contributed by atoms with Crippen LogP contribution >= 0.6 is 0 Å². The van der Waals surface area contributed by atoms with Crippen LogP contribution in [0.15, 0.2) is 36.9 Å². The minimum Gasteiger partial charge on any atom is -0.369 e. The molecule has 1 saturated heterocycles. The van der Waals surface area contributed by atoms with Crippen LogP contribution in [-0.2, 0) is 16.6 Å². The molecule has 3 rings (SSSR count). The second kappa shape index (κ2) is 5.42. The number of ether oxygens (including phenoxy) is 1. The van der Waals surface area contributed by atoms with E-state index in [1.165, 1.54) is 0 Å². The lowest BCUT2D eigenvalue weighted by atomic mass is 9.99. The van der Waals surface area contributed by atoms with E-state index in [0.717, 1.165) is 11.5 Å². The number of nitrogens with zero attached hydrogens (tertiary/aromatic N) is 3. The summed E-state index contributed by atoms with van der Waals surface area (Å²) in [5.74, 6) is 0.531. The smallest absolute Gasteiger partial charge is 0.230 e. The molecule has 1 aliphatic heterocycles. The molecule has 1 aliphatic rings. The van der Waals surface area contributed by atoms with Crippen molar-refractivity contribution in [2.75, 3.05) is 11.9 Å². The molecule has 0 radical (unpaired) electrons. The van der Waals surface area contributed by atoms with Crippen LogP contribution in [0.5, 0.6) is 0 Å². The van der Waals surface area contributed by atoms with Crippen LogP contribution in [-0.4, -0.2) is 27.0 Å². The molecule has 0 unspecified atom stereocenters. The fraction of sp³-hybridized carbons (Fsp3) is 0.357. The normalized spacial score (nSPS) is 21.9. The predicted molar refractivity (Wildman–Crippen MR) is 72.9 cm³/mol. The van der Waals surface area contributed by atoms with Crippen molar-refractivity contribution in [3.63, 3.8) is 0 Å². The Morgan fingerprint density at radius 2 is 2.20 bits per heavy atom. The molecule has 2 atom stereocenters. The zero-order valence-corrected chi connectivity index (χ0v) is 11.2. The van der Waals surface area contributed by atoms with Crippen LogP contribution in [0.4, 0.5) is 5.69 Å². The number of hydrogen-bond donors (Lipinski definition) is 1. The lowest BCUT2D eigenvalue weighted by Crippen LogP contribution is -2.26. The summed E-state index contributed by atoms with van der Waals surface area (Å²) in [6.45, 7) is 0.575. The summed E-state index contributed by atoms with van der Waals surface area (Å²) in [5, 5.41) is 2.90. The molecule has 3 heterocycles. The molecule has 1 amide bonds. The molecule has 0 spiro atoms. The van der Waals surface area contributed by atoms with E-state index in [1.54, 1.807) is 30.7 Å². The number of anilines is 1. The van der Waals surface area contributed by atoms with Gasteiger partial charge in [-0.25, -0.2) is 4.98 Å². The number of nitrogens with one attached hydrogen (secondary N) is 1. The summed E-state index contributed by atoms with van der Waals surface area (Å²) >= 11 is 0. The van der Waals surface area contributed by atoms with Gasteiger partial charge in [-0.1, -0.05) is 0 Å². The monoisotopic (exact) mass is 272 g/mol. The van der Waals surface area contributed by atoms with Crippen molar-refractivity contribution in [3.8, 4) is 0 Å². The maximum Gasteiger partial charge on any atom is 0.230 e. The first-order chi connectivity index (χ1) is 9.75. The molecular formula is C14H16N4O2. The Kier molecular flexibility index (Phi) is 3.47. The third-order valence-electron chi connectivity index (χ3n) is 3.49. The Balaban J connectivity index is 1.76. The minimum atomic E-state index is -0.281. The molecule has 1 fully saturated rings.